The number of nitrogens with zero attached hydrogens (tertiary/aromatic N) is 1. The standard InChI is InChI=1S/C16H25BrN2O/c1-3-18-10-14-9-15(17)6-7-16(14)19(2)11-13-5-4-8-20-12-13/h6-7,9,13,18H,3-5,8,10-12H2,1-2H3. The third-order valence-electron chi connectivity index (χ3n) is 3.80. The Morgan fingerprint density at radius 1 is 1.45 bits per heavy atom. The number of anilines is 1. The van der Waals surface area contributed by atoms with Crippen molar-refractivity contribution in [2.45, 2.75) is 26.3 Å². The molecule has 0 spiro atoms. The summed E-state index contributed by atoms with van der Waals surface area (Å²) in [7, 11) is 2.19. The Morgan fingerprint density at radius 2 is 2.30 bits per heavy atom. The van der Waals surface area contributed by atoms with Crippen LogP contribution < -0.4 is 10.2 Å². The molecule has 20 heavy (non-hydrogen) atoms. The Hall–Kier alpha value is -0.580. The molecule has 1 unspecified atom stereocenters. The summed E-state index contributed by atoms with van der Waals surface area (Å²) >= 11 is 3.57. The van der Waals surface area contributed by atoms with Crippen LogP contribution in [0.2, 0.25) is 0 Å². The summed E-state index contributed by atoms with van der Waals surface area (Å²) < 4.78 is 6.73. The van der Waals surface area contributed by atoms with E-state index in [2.05, 4.69) is 58.3 Å². The molecule has 1 saturated heterocycles. The first-order chi connectivity index (χ1) is 9.70. The molecule has 1 aromatic carbocycles. The third-order valence-corrected chi connectivity index (χ3v) is 4.30. The highest BCUT2D eigenvalue weighted by molar-refractivity contribution is 9.10. The number of halogens is 1. The molecule has 1 heterocycles. The summed E-state index contributed by atoms with van der Waals surface area (Å²) in [4.78, 5) is 2.37. The fourth-order valence-electron chi connectivity index (χ4n) is 2.76. The Morgan fingerprint density at radius 3 is 3.00 bits per heavy atom. The summed E-state index contributed by atoms with van der Waals surface area (Å²) in [6.07, 6.45) is 2.48. The van der Waals surface area contributed by atoms with Crippen LogP contribution in [-0.4, -0.2) is 33.4 Å². The number of hydrogen-bond donors (Lipinski definition) is 1. The van der Waals surface area contributed by atoms with Crippen LogP contribution in [0.4, 0.5) is 5.69 Å². The summed E-state index contributed by atoms with van der Waals surface area (Å²) in [6, 6.07) is 6.55. The van der Waals surface area contributed by atoms with E-state index in [0.29, 0.717) is 5.92 Å². The van der Waals surface area contributed by atoms with E-state index < -0.39 is 0 Å². The van der Waals surface area contributed by atoms with Gasteiger partial charge in [-0.2, -0.15) is 0 Å². The van der Waals surface area contributed by atoms with Crippen molar-refractivity contribution in [1.29, 1.82) is 0 Å². The van der Waals surface area contributed by atoms with E-state index in [1.807, 2.05) is 0 Å². The molecule has 2 rings (SSSR count). The van der Waals surface area contributed by atoms with Crippen molar-refractivity contribution in [1.82, 2.24) is 5.32 Å². The largest absolute Gasteiger partial charge is 0.381 e. The lowest BCUT2D eigenvalue weighted by Crippen LogP contribution is -2.31. The smallest absolute Gasteiger partial charge is 0.0511 e. The molecule has 1 aromatic rings. The molecule has 1 atom stereocenters. The van der Waals surface area contributed by atoms with Gasteiger partial charge in [0.05, 0.1) is 6.61 Å². The summed E-state index contributed by atoms with van der Waals surface area (Å²) in [5.74, 6) is 0.657. The maximum absolute atomic E-state index is 5.59. The molecular formula is C16H25BrN2O. The first kappa shape index (κ1) is 15.8. The van der Waals surface area contributed by atoms with E-state index in [1.165, 1.54) is 24.1 Å². The molecular weight excluding hydrogens is 316 g/mol. The third kappa shape index (κ3) is 4.47. The van der Waals surface area contributed by atoms with Gasteiger partial charge in [-0.25, -0.2) is 0 Å². The van der Waals surface area contributed by atoms with Crippen molar-refractivity contribution in [2.75, 3.05) is 38.3 Å². The van der Waals surface area contributed by atoms with E-state index >= 15 is 0 Å². The van der Waals surface area contributed by atoms with E-state index in [0.717, 1.165) is 37.3 Å². The molecule has 1 fully saturated rings. The molecule has 0 amide bonds. The minimum atomic E-state index is 0.657. The van der Waals surface area contributed by atoms with Gasteiger partial charge in [-0.3, -0.25) is 0 Å². The van der Waals surface area contributed by atoms with Gasteiger partial charge >= 0.3 is 0 Å². The van der Waals surface area contributed by atoms with Crippen LogP contribution in [0.25, 0.3) is 0 Å². The molecule has 0 aliphatic carbocycles. The minimum Gasteiger partial charge on any atom is -0.381 e. The molecule has 4 heteroatoms. The normalized spacial score (nSPS) is 19.1. The van der Waals surface area contributed by atoms with Crippen LogP contribution in [0.3, 0.4) is 0 Å². The van der Waals surface area contributed by atoms with Crippen LogP contribution in [0.5, 0.6) is 0 Å². The van der Waals surface area contributed by atoms with Gasteiger partial charge in [0.15, 0.2) is 0 Å². The molecule has 0 bridgehead atoms. The predicted octanol–water partition coefficient (Wildman–Crippen LogP) is 3.42. The Bertz CT molecular complexity index is 419. The molecule has 0 saturated carbocycles. The van der Waals surface area contributed by atoms with Gasteiger partial charge in [-0.05, 0) is 49.1 Å². The molecule has 3 nitrogen and oxygen atoms in total. The second-order valence-electron chi connectivity index (χ2n) is 5.52. The summed E-state index contributed by atoms with van der Waals surface area (Å²) in [5, 5.41) is 3.42. The average molecular weight is 341 g/mol. The fourth-order valence-corrected chi connectivity index (χ4v) is 3.17. The van der Waals surface area contributed by atoms with Crippen LogP contribution in [0, 0.1) is 5.92 Å². The second kappa shape index (κ2) is 8.01. The van der Waals surface area contributed by atoms with Crippen molar-refractivity contribution in [3.8, 4) is 0 Å². The highest BCUT2D eigenvalue weighted by Gasteiger charge is 2.17. The first-order valence-corrected chi connectivity index (χ1v) is 8.28. The molecule has 1 aliphatic rings. The van der Waals surface area contributed by atoms with Gasteiger partial charge in [0.2, 0.25) is 0 Å². The lowest BCUT2D eigenvalue weighted by Gasteiger charge is -2.30. The van der Waals surface area contributed by atoms with Gasteiger partial charge in [-0.1, -0.05) is 22.9 Å². The first-order valence-electron chi connectivity index (χ1n) is 7.48. The van der Waals surface area contributed by atoms with Crippen molar-refractivity contribution in [3.05, 3.63) is 28.2 Å². The molecule has 112 valence electrons. The molecule has 1 aliphatic heterocycles. The topological polar surface area (TPSA) is 24.5 Å². The Balaban J connectivity index is 2.05. The number of benzene rings is 1. The summed E-state index contributed by atoms with van der Waals surface area (Å²) in [5.41, 5.74) is 2.67. The zero-order chi connectivity index (χ0) is 14.4. The van der Waals surface area contributed by atoms with E-state index in [-0.39, 0.29) is 0 Å². The zero-order valence-corrected chi connectivity index (χ0v) is 14.1. The van der Waals surface area contributed by atoms with Gasteiger partial charge in [-0.15, -0.1) is 0 Å². The van der Waals surface area contributed by atoms with Gasteiger partial charge < -0.3 is 15.0 Å². The Kier molecular flexibility index (Phi) is 6.33. The Labute approximate surface area is 130 Å². The highest BCUT2D eigenvalue weighted by atomic mass is 79.9. The fraction of sp³-hybridized carbons (Fsp3) is 0.625. The maximum atomic E-state index is 5.59. The van der Waals surface area contributed by atoms with Crippen LogP contribution in [0.15, 0.2) is 22.7 Å². The van der Waals surface area contributed by atoms with Crippen LogP contribution >= 0.6 is 15.9 Å². The zero-order valence-electron chi connectivity index (χ0n) is 12.5. The lowest BCUT2D eigenvalue weighted by atomic mass is 10.0. The number of rotatable bonds is 6. The SMILES string of the molecule is CCNCc1cc(Br)ccc1N(C)CC1CCCOC1. The van der Waals surface area contributed by atoms with Crippen molar-refractivity contribution in [2.24, 2.45) is 5.92 Å². The predicted molar refractivity (Wildman–Crippen MR) is 88.3 cm³/mol. The average Bonchev–Trinajstić information content (AvgIpc) is 2.46. The monoisotopic (exact) mass is 340 g/mol. The van der Waals surface area contributed by atoms with Crippen LogP contribution in [-0.2, 0) is 11.3 Å². The quantitative estimate of drug-likeness (QED) is 0.858. The lowest BCUT2D eigenvalue weighted by molar-refractivity contribution is 0.0576. The van der Waals surface area contributed by atoms with Crippen molar-refractivity contribution in [3.63, 3.8) is 0 Å². The number of nitrogens with one attached hydrogen (secondary N) is 1. The van der Waals surface area contributed by atoms with Crippen LogP contribution in [0.1, 0.15) is 25.3 Å². The number of ether oxygens (including phenoxy) is 1. The highest BCUT2D eigenvalue weighted by Crippen LogP contribution is 2.26. The molecule has 0 radical (unpaired) electrons. The van der Waals surface area contributed by atoms with Gasteiger partial charge in [0.1, 0.15) is 0 Å². The second-order valence-corrected chi connectivity index (χ2v) is 6.43. The van der Waals surface area contributed by atoms with Gasteiger partial charge in [0, 0.05) is 36.9 Å². The van der Waals surface area contributed by atoms with Crippen molar-refractivity contribution >= 4 is 21.6 Å². The van der Waals surface area contributed by atoms with E-state index in [4.69, 9.17) is 4.74 Å². The summed E-state index contributed by atoms with van der Waals surface area (Å²) in [6.45, 7) is 6.96. The van der Waals surface area contributed by atoms with Gasteiger partial charge in [0.25, 0.3) is 0 Å². The molecule has 0 aromatic heterocycles. The molecule has 1 N–H and O–H groups in total. The van der Waals surface area contributed by atoms with E-state index in [1.54, 1.807) is 0 Å². The maximum Gasteiger partial charge on any atom is 0.0511 e. The number of hydrogen-bond acceptors (Lipinski definition) is 3. The van der Waals surface area contributed by atoms with E-state index in [9.17, 15) is 0 Å². The van der Waals surface area contributed by atoms with Crippen molar-refractivity contribution < 1.29 is 4.74 Å². The minimum absolute atomic E-state index is 0.657.